The van der Waals surface area contributed by atoms with E-state index in [1.165, 1.54) is 49.6 Å². The van der Waals surface area contributed by atoms with E-state index in [0.29, 0.717) is 15.3 Å². The molecular formula is C10H8N2O4S4. The molecular weight excluding hydrogens is 340 g/mol. The molecule has 0 spiro atoms. The fourth-order valence-electron chi connectivity index (χ4n) is 1.06. The molecule has 0 unspecified atom stereocenters. The normalized spacial score (nSPS) is 10.4. The molecule has 0 saturated carbocycles. The summed E-state index contributed by atoms with van der Waals surface area (Å²) in [7, 11) is 2.63. The van der Waals surface area contributed by atoms with Gasteiger partial charge in [0.15, 0.2) is 20.1 Å². The fourth-order valence-corrected chi connectivity index (χ4v) is 5.08. The maximum Gasteiger partial charge on any atom is 0.357 e. The van der Waals surface area contributed by atoms with Gasteiger partial charge in [0.05, 0.1) is 6.61 Å². The zero-order chi connectivity index (χ0) is 14.5. The summed E-state index contributed by atoms with van der Waals surface area (Å²) >= 11 is 2.58. The van der Waals surface area contributed by atoms with Gasteiger partial charge in [0, 0.05) is 10.8 Å². The minimum atomic E-state index is -1.04. The van der Waals surface area contributed by atoms with Crippen molar-refractivity contribution < 1.29 is 19.4 Å². The molecule has 2 heterocycles. The van der Waals surface area contributed by atoms with E-state index in [-0.39, 0.29) is 11.4 Å². The van der Waals surface area contributed by atoms with Crippen LogP contribution in [0.25, 0.3) is 0 Å². The van der Waals surface area contributed by atoms with Crippen LogP contribution in [0.4, 0.5) is 0 Å². The number of rotatable bonds is 6. The number of carboxylic acid groups (broad SMARTS) is 1. The Morgan fingerprint density at radius 1 is 1.20 bits per heavy atom. The predicted molar refractivity (Wildman–Crippen MR) is 78.9 cm³/mol. The Morgan fingerprint density at radius 2 is 1.75 bits per heavy atom. The lowest BCUT2D eigenvalue weighted by molar-refractivity contribution is 0.0519. The van der Waals surface area contributed by atoms with Gasteiger partial charge in [0.1, 0.15) is 0 Å². The van der Waals surface area contributed by atoms with Crippen LogP contribution >= 0.6 is 44.3 Å². The molecule has 2 aromatic heterocycles. The highest BCUT2D eigenvalue weighted by molar-refractivity contribution is 8.77. The third-order valence-corrected chi connectivity index (χ3v) is 6.58. The van der Waals surface area contributed by atoms with E-state index in [9.17, 15) is 9.59 Å². The van der Waals surface area contributed by atoms with Crippen molar-refractivity contribution in [1.82, 2.24) is 9.97 Å². The van der Waals surface area contributed by atoms with E-state index in [2.05, 4.69) is 9.97 Å². The topological polar surface area (TPSA) is 89.4 Å². The van der Waals surface area contributed by atoms with Gasteiger partial charge in [-0.25, -0.2) is 19.6 Å². The Labute approximate surface area is 130 Å². The van der Waals surface area contributed by atoms with Crippen molar-refractivity contribution in [1.29, 1.82) is 0 Å². The zero-order valence-electron chi connectivity index (χ0n) is 10.1. The van der Waals surface area contributed by atoms with Crippen LogP contribution in [0.5, 0.6) is 0 Å². The second-order valence-electron chi connectivity index (χ2n) is 3.19. The lowest BCUT2D eigenvalue weighted by Crippen LogP contribution is -2.04. The van der Waals surface area contributed by atoms with Crippen molar-refractivity contribution >= 4 is 56.2 Å². The van der Waals surface area contributed by atoms with Crippen LogP contribution in [0.3, 0.4) is 0 Å². The van der Waals surface area contributed by atoms with Crippen molar-refractivity contribution in [3.63, 3.8) is 0 Å². The highest BCUT2D eigenvalue weighted by Gasteiger charge is 2.14. The first-order chi connectivity index (χ1) is 9.60. The summed E-state index contributed by atoms with van der Waals surface area (Å²) in [5, 5.41) is 11.9. The van der Waals surface area contributed by atoms with Gasteiger partial charge in [-0.3, -0.25) is 0 Å². The Morgan fingerprint density at radius 3 is 2.25 bits per heavy atom. The Hall–Kier alpha value is -1.10. The van der Waals surface area contributed by atoms with E-state index in [1.54, 1.807) is 12.3 Å². The van der Waals surface area contributed by atoms with Crippen LogP contribution in [0, 0.1) is 0 Å². The summed E-state index contributed by atoms with van der Waals surface area (Å²) in [4.78, 5) is 30.2. The number of nitrogens with zero attached hydrogens (tertiary/aromatic N) is 2. The third-order valence-electron chi connectivity index (χ3n) is 1.85. The maximum atomic E-state index is 11.4. The van der Waals surface area contributed by atoms with E-state index >= 15 is 0 Å². The second kappa shape index (κ2) is 7.07. The fraction of sp³-hybridized carbons (Fsp3) is 0.200. The number of carbonyl (C=O) groups is 2. The Kier molecular flexibility index (Phi) is 5.40. The van der Waals surface area contributed by atoms with Gasteiger partial charge in [-0.1, -0.05) is 0 Å². The molecule has 1 N–H and O–H groups in total. The van der Waals surface area contributed by atoms with E-state index in [4.69, 9.17) is 9.84 Å². The number of carboxylic acids is 1. The maximum absolute atomic E-state index is 11.4. The number of hydrogen-bond donors (Lipinski definition) is 1. The first-order valence-electron chi connectivity index (χ1n) is 5.26. The smallest absolute Gasteiger partial charge is 0.357 e. The molecule has 2 rings (SSSR count). The summed E-state index contributed by atoms with van der Waals surface area (Å²) in [5.41, 5.74) is 0.315. The van der Waals surface area contributed by atoms with Crippen LogP contribution in [0.15, 0.2) is 19.4 Å². The summed E-state index contributed by atoms with van der Waals surface area (Å²) in [6.07, 6.45) is 0. The Balaban J connectivity index is 1.93. The van der Waals surface area contributed by atoms with Crippen molar-refractivity contribution in [2.24, 2.45) is 0 Å². The molecule has 20 heavy (non-hydrogen) atoms. The van der Waals surface area contributed by atoms with Gasteiger partial charge in [0.2, 0.25) is 0 Å². The molecule has 0 aliphatic carbocycles. The number of aromatic carboxylic acids is 1. The van der Waals surface area contributed by atoms with Gasteiger partial charge in [-0.15, -0.1) is 22.7 Å². The number of esters is 1. The molecule has 106 valence electrons. The van der Waals surface area contributed by atoms with Crippen molar-refractivity contribution in [2.45, 2.75) is 15.6 Å². The van der Waals surface area contributed by atoms with Crippen LogP contribution in [0.2, 0.25) is 0 Å². The first-order valence-corrected chi connectivity index (χ1v) is 9.17. The molecule has 0 fully saturated rings. The zero-order valence-corrected chi connectivity index (χ0v) is 13.3. The number of carbonyl (C=O) groups excluding carboxylic acids is 1. The molecule has 0 aromatic carbocycles. The van der Waals surface area contributed by atoms with Crippen molar-refractivity contribution in [3.8, 4) is 0 Å². The molecule has 0 amide bonds. The highest BCUT2D eigenvalue weighted by atomic mass is 33.1. The van der Waals surface area contributed by atoms with Gasteiger partial charge >= 0.3 is 11.9 Å². The quantitative estimate of drug-likeness (QED) is 0.628. The lowest BCUT2D eigenvalue weighted by atomic mass is 10.5. The van der Waals surface area contributed by atoms with Crippen LogP contribution in [-0.2, 0) is 4.74 Å². The molecule has 0 atom stereocenters. The Bertz CT molecular complexity index is 624. The molecule has 0 saturated heterocycles. The van der Waals surface area contributed by atoms with Crippen LogP contribution < -0.4 is 0 Å². The average Bonchev–Trinajstić information content (AvgIpc) is 3.06. The largest absolute Gasteiger partial charge is 0.476 e. The monoisotopic (exact) mass is 348 g/mol. The van der Waals surface area contributed by atoms with Crippen LogP contribution in [-0.4, -0.2) is 33.6 Å². The molecule has 10 heteroatoms. The third kappa shape index (κ3) is 3.95. The first kappa shape index (κ1) is 15.3. The van der Waals surface area contributed by atoms with Gasteiger partial charge < -0.3 is 9.84 Å². The molecule has 6 nitrogen and oxygen atoms in total. The van der Waals surface area contributed by atoms with E-state index in [1.807, 2.05) is 0 Å². The minimum Gasteiger partial charge on any atom is -0.476 e. The standard InChI is InChI=1S/C10H8N2O4S4/c1-2-16-8(15)6-4-18-10(12-6)20-19-9-11-5(3-17-9)7(13)14/h3-4H,2H2,1H3,(H,13,14). The number of aromatic nitrogens is 2. The van der Waals surface area contributed by atoms with Crippen LogP contribution in [0.1, 0.15) is 27.9 Å². The molecule has 0 aliphatic rings. The van der Waals surface area contributed by atoms with E-state index in [0.717, 1.165) is 0 Å². The number of thiazole rings is 2. The number of hydrogen-bond acceptors (Lipinski definition) is 9. The lowest BCUT2D eigenvalue weighted by Gasteiger charge is -1.96. The summed E-state index contributed by atoms with van der Waals surface area (Å²) in [6.45, 7) is 2.04. The van der Waals surface area contributed by atoms with Gasteiger partial charge in [0.25, 0.3) is 0 Å². The highest BCUT2D eigenvalue weighted by Crippen LogP contribution is 2.40. The molecule has 2 aromatic rings. The second-order valence-corrected chi connectivity index (χ2v) is 7.53. The van der Waals surface area contributed by atoms with Crippen molar-refractivity contribution in [2.75, 3.05) is 6.61 Å². The SMILES string of the molecule is CCOC(=O)c1csc(SSc2nc(C(=O)O)cs2)n1. The average molecular weight is 348 g/mol. The van der Waals surface area contributed by atoms with Gasteiger partial charge in [-0.05, 0) is 28.5 Å². The molecule has 0 bridgehead atoms. The van der Waals surface area contributed by atoms with Gasteiger partial charge in [-0.2, -0.15) is 0 Å². The summed E-state index contributed by atoms with van der Waals surface area (Å²) in [6, 6.07) is 0. The summed E-state index contributed by atoms with van der Waals surface area (Å²) < 4.78 is 6.16. The minimum absolute atomic E-state index is 0.0319. The predicted octanol–water partition coefficient (Wildman–Crippen LogP) is 3.27. The molecule has 0 radical (unpaired) electrons. The van der Waals surface area contributed by atoms with E-state index < -0.39 is 11.9 Å². The van der Waals surface area contributed by atoms with Crippen molar-refractivity contribution in [3.05, 3.63) is 22.1 Å². The summed E-state index contributed by atoms with van der Waals surface area (Å²) in [5.74, 6) is -1.49. The molecule has 0 aliphatic heterocycles. The number of ether oxygens (including phenoxy) is 1.